The Morgan fingerprint density at radius 2 is 2.25 bits per heavy atom. The molecule has 0 radical (unpaired) electrons. The highest BCUT2D eigenvalue weighted by atomic mass is 32.2. The minimum Gasteiger partial charge on any atom is -0.233 e. The van der Waals surface area contributed by atoms with Crippen LogP contribution >= 0.6 is 23.4 Å². The molecule has 7 heteroatoms. The average Bonchev–Trinajstić information content (AvgIpc) is 2.30. The molecule has 0 aromatic carbocycles. The molecule has 12 heavy (non-hydrogen) atoms. The number of rotatable bonds is 2. The van der Waals surface area contributed by atoms with E-state index in [1.54, 1.807) is 6.92 Å². The Balaban J connectivity index is 2.44. The molecule has 0 saturated carbocycles. The van der Waals surface area contributed by atoms with Gasteiger partial charge in [-0.3, -0.25) is 0 Å². The van der Waals surface area contributed by atoms with Gasteiger partial charge in [0.25, 0.3) is 0 Å². The molecule has 1 aromatic rings. The fourth-order valence-electron chi connectivity index (χ4n) is 0.472. The predicted octanol–water partition coefficient (Wildman–Crippen LogP) is 3.00. The van der Waals surface area contributed by atoms with E-state index in [2.05, 4.69) is 9.17 Å². The van der Waals surface area contributed by atoms with Crippen LogP contribution in [-0.2, 0) is 4.18 Å². The van der Waals surface area contributed by atoms with Crippen LogP contribution in [0.25, 0.3) is 0 Å². The van der Waals surface area contributed by atoms with Gasteiger partial charge in [-0.1, -0.05) is 0 Å². The first-order valence-corrected chi connectivity index (χ1v) is 4.44. The van der Waals surface area contributed by atoms with Crippen molar-refractivity contribution in [2.45, 2.75) is 18.3 Å². The van der Waals surface area contributed by atoms with Crippen molar-refractivity contribution >= 4 is 23.4 Å². The Morgan fingerprint density at radius 1 is 1.58 bits per heavy atom. The Hall–Kier alpha value is -0.270. The lowest BCUT2D eigenvalue weighted by Gasteiger charge is -2.02. The van der Waals surface area contributed by atoms with Crippen LogP contribution in [0.2, 0.25) is 0 Å². The lowest BCUT2D eigenvalue weighted by Crippen LogP contribution is -2.07. The van der Waals surface area contributed by atoms with Gasteiger partial charge in [0.15, 0.2) is 0 Å². The lowest BCUT2D eigenvalue weighted by molar-refractivity contribution is -0.267. The summed E-state index contributed by atoms with van der Waals surface area (Å²) in [4.78, 5) is 3.77. The van der Waals surface area contributed by atoms with Crippen molar-refractivity contribution in [1.29, 1.82) is 0 Å². The summed E-state index contributed by atoms with van der Waals surface area (Å²) in [7, 11) is 0. The molecule has 0 aliphatic carbocycles. The van der Waals surface area contributed by atoms with Crippen LogP contribution in [0.1, 0.15) is 5.01 Å². The van der Waals surface area contributed by atoms with E-state index in [0.29, 0.717) is 5.01 Å². The van der Waals surface area contributed by atoms with E-state index in [9.17, 15) is 13.2 Å². The number of hydrogen-bond donors (Lipinski definition) is 0. The second-order valence-electron chi connectivity index (χ2n) is 1.82. The van der Waals surface area contributed by atoms with E-state index >= 15 is 0 Å². The molecule has 0 saturated heterocycles. The third kappa shape index (κ3) is 3.42. The fourth-order valence-corrected chi connectivity index (χ4v) is 1.66. The molecule has 0 spiro atoms. The quantitative estimate of drug-likeness (QED) is 0.708. The molecule has 1 rings (SSSR count). The van der Waals surface area contributed by atoms with E-state index in [1.807, 2.05) is 0 Å². The maximum Gasteiger partial charge on any atom is 0.534 e. The zero-order valence-corrected chi connectivity index (χ0v) is 7.52. The topological polar surface area (TPSA) is 22.1 Å². The number of halogens is 3. The molecule has 0 N–H and O–H groups in total. The molecule has 68 valence electrons. The monoisotopic (exact) mass is 215 g/mol. The molecule has 1 aromatic heterocycles. The Morgan fingerprint density at radius 3 is 2.67 bits per heavy atom. The number of thiazole rings is 1. The summed E-state index contributed by atoms with van der Waals surface area (Å²) in [5.74, 6) is 0. The van der Waals surface area contributed by atoms with Crippen LogP contribution < -0.4 is 0 Å². The largest absolute Gasteiger partial charge is 0.534 e. The molecular formula is C5H4F3NOS2. The summed E-state index contributed by atoms with van der Waals surface area (Å²) in [6.45, 7) is 1.71. The van der Waals surface area contributed by atoms with E-state index in [0.717, 1.165) is 0 Å². The van der Waals surface area contributed by atoms with Gasteiger partial charge < -0.3 is 0 Å². The van der Waals surface area contributed by atoms with Gasteiger partial charge in [0.05, 0.1) is 17.1 Å². The summed E-state index contributed by atoms with van der Waals surface area (Å²) in [6, 6.07) is 0. The second kappa shape index (κ2) is 3.63. The average molecular weight is 215 g/mol. The Labute approximate surface area is 75.0 Å². The van der Waals surface area contributed by atoms with Crippen molar-refractivity contribution in [2.24, 2.45) is 0 Å². The standard InChI is InChI=1S/C5H4F3NOS2/c1-3-9-4(2-11-3)12-10-5(6,7)8/h2H,1H3. The van der Waals surface area contributed by atoms with Gasteiger partial charge in [0.2, 0.25) is 0 Å². The number of alkyl halides is 3. The van der Waals surface area contributed by atoms with Crippen molar-refractivity contribution in [3.05, 3.63) is 10.4 Å². The second-order valence-corrected chi connectivity index (χ2v) is 3.63. The summed E-state index contributed by atoms with van der Waals surface area (Å²) in [5.41, 5.74) is 0. The van der Waals surface area contributed by atoms with Crippen molar-refractivity contribution < 1.29 is 17.4 Å². The first-order valence-electron chi connectivity index (χ1n) is 2.82. The molecule has 1 heterocycles. The molecular weight excluding hydrogens is 211 g/mol. The van der Waals surface area contributed by atoms with Crippen LogP contribution in [-0.4, -0.2) is 11.3 Å². The van der Waals surface area contributed by atoms with E-state index in [4.69, 9.17) is 0 Å². The van der Waals surface area contributed by atoms with Crippen LogP contribution in [0.5, 0.6) is 0 Å². The third-order valence-corrected chi connectivity index (χ3v) is 2.39. The minimum atomic E-state index is -4.61. The van der Waals surface area contributed by atoms with Gasteiger partial charge in [0, 0.05) is 5.38 Å². The van der Waals surface area contributed by atoms with Crippen molar-refractivity contribution in [1.82, 2.24) is 4.98 Å². The minimum absolute atomic E-state index is 0.222. The molecule has 0 atom stereocenters. The molecule has 0 aliphatic heterocycles. The SMILES string of the molecule is Cc1nc(SOC(F)(F)F)cs1. The van der Waals surface area contributed by atoms with Gasteiger partial charge in [-0.25, -0.2) is 9.17 Å². The number of hydrogen-bond acceptors (Lipinski definition) is 4. The number of nitrogens with zero attached hydrogens (tertiary/aromatic N) is 1. The van der Waals surface area contributed by atoms with Gasteiger partial charge in [0.1, 0.15) is 5.03 Å². The molecule has 2 nitrogen and oxygen atoms in total. The number of aryl methyl sites for hydroxylation is 1. The van der Waals surface area contributed by atoms with Crippen molar-refractivity contribution in [3.63, 3.8) is 0 Å². The normalized spacial score (nSPS) is 12.0. The highest BCUT2D eigenvalue weighted by Gasteiger charge is 2.30. The highest BCUT2D eigenvalue weighted by Crippen LogP contribution is 2.29. The first-order chi connectivity index (χ1) is 5.47. The summed E-state index contributed by atoms with van der Waals surface area (Å²) >= 11 is 1.50. The lowest BCUT2D eigenvalue weighted by atomic mass is 10.8. The third-order valence-electron chi connectivity index (χ3n) is 0.819. The van der Waals surface area contributed by atoms with E-state index < -0.39 is 6.36 Å². The Kier molecular flexibility index (Phi) is 2.97. The fraction of sp³-hybridized carbons (Fsp3) is 0.400. The number of aromatic nitrogens is 1. The van der Waals surface area contributed by atoms with Crippen molar-refractivity contribution in [3.8, 4) is 0 Å². The zero-order chi connectivity index (χ0) is 9.19. The van der Waals surface area contributed by atoms with Crippen LogP contribution in [0.3, 0.4) is 0 Å². The summed E-state index contributed by atoms with van der Waals surface area (Å²) < 4.78 is 37.9. The summed E-state index contributed by atoms with van der Waals surface area (Å²) in [5, 5.41) is 2.45. The molecule has 0 fully saturated rings. The summed E-state index contributed by atoms with van der Waals surface area (Å²) in [6.07, 6.45) is -4.61. The van der Waals surface area contributed by atoms with E-state index in [1.165, 1.54) is 16.7 Å². The van der Waals surface area contributed by atoms with Crippen molar-refractivity contribution in [2.75, 3.05) is 0 Å². The zero-order valence-electron chi connectivity index (χ0n) is 5.88. The Bertz CT molecular complexity index is 259. The van der Waals surface area contributed by atoms with E-state index in [-0.39, 0.29) is 17.1 Å². The maximum atomic E-state index is 11.5. The molecule has 0 amide bonds. The van der Waals surface area contributed by atoms with Crippen LogP contribution in [0.15, 0.2) is 10.4 Å². The first kappa shape index (κ1) is 9.82. The predicted molar refractivity (Wildman–Crippen MR) is 39.8 cm³/mol. The molecule has 0 unspecified atom stereocenters. The highest BCUT2D eigenvalue weighted by molar-refractivity contribution is 7.94. The molecule has 0 aliphatic rings. The van der Waals surface area contributed by atoms with Gasteiger partial charge in [-0.15, -0.1) is 24.5 Å². The molecule has 0 bridgehead atoms. The van der Waals surface area contributed by atoms with Gasteiger partial charge in [-0.05, 0) is 6.92 Å². The van der Waals surface area contributed by atoms with Gasteiger partial charge >= 0.3 is 6.36 Å². The maximum absolute atomic E-state index is 11.5. The smallest absolute Gasteiger partial charge is 0.233 e. The van der Waals surface area contributed by atoms with Crippen LogP contribution in [0.4, 0.5) is 13.2 Å². The van der Waals surface area contributed by atoms with Gasteiger partial charge in [-0.2, -0.15) is 0 Å². The van der Waals surface area contributed by atoms with Crippen LogP contribution in [0, 0.1) is 6.92 Å².